The van der Waals surface area contributed by atoms with Gasteiger partial charge in [-0.3, -0.25) is 24.4 Å². The van der Waals surface area contributed by atoms with Crippen molar-refractivity contribution in [2.45, 2.75) is 63.6 Å². The third-order valence-electron chi connectivity index (χ3n) is 7.56. The van der Waals surface area contributed by atoms with E-state index in [1.54, 1.807) is 11.2 Å². The van der Waals surface area contributed by atoms with Crippen LogP contribution in [0.4, 0.5) is 0 Å². The molecule has 1 saturated carbocycles. The van der Waals surface area contributed by atoms with Crippen LogP contribution in [0.2, 0.25) is 0 Å². The molecule has 6 rings (SSSR count). The zero-order valence-electron chi connectivity index (χ0n) is 19.7. The minimum atomic E-state index is -0.618. The number of nitrogens with zero attached hydrogens (tertiary/aromatic N) is 5. The number of imide groups is 1. The maximum absolute atomic E-state index is 13.0. The molecule has 2 fully saturated rings. The molecule has 9 nitrogen and oxygen atoms in total. The van der Waals surface area contributed by atoms with Gasteiger partial charge >= 0.3 is 0 Å². The van der Waals surface area contributed by atoms with Crippen LogP contribution in [0.3, 0.4) is 0 Å². The van der Waals surface area contributed by atoms with E-state index >= 15 is 0 Å². The molecule has 0 bridgehead atoms. The monoisotopic (exact) mass is 472 g/mol. The Kier molecular flexibility index (Phi) is 5.27. The number of piperidine rings is 1. The maximum atomic E-state index is 13.0. The Morgan fingerprint density at radius 2 is 1.86 bits per heavy atom. The largest absolute Gasteiger partial charge is 0.333 e. The van der Waals surface area contributed by atoms with Gasteiger partial charge in [-0.2, -0.15) is 5.10 Å². The molecule has 2 aromatic heterocycles. The highest BCUT2D eigenvalue weighted by Gasteiger charge is 2.39. The van der Waals surface area contributed by atoms with E-state index in [1.165, 1.54) is 32.1 Å². The van der Waals surface area contributed by atoms with Crippen molar-refractivity contribution in [2.24, 2.45) is 7.05 Å². The fourth-order valence-electron chi connectivity index (χ4n) is 5.71. The summed E-state index contributed by atoms with van der Waals surface area (Å²) in [5, 5.41) is 7.03. The zero-order chi connectivity index (χ0) is 24.1. The number of imidazole rings is 1. The van der Waals surface area contributed by atoms with Crippen molar-refractivity contribution in [3.05, 3.63) is 48.0 Å². The lowest BCUT2D eigenvalue weighted by molar-refractivity contribution is -0.136. The first-order chi connectivity index (χ1) is 17.0. The van der Waals surface area contributed by atoms with Gasteiger partial charge in [-0.25, -0.2) is 4.98 Å². The molecular formula is C26H28N6O3. The Morgan fingerprint density at radius 1 is 1.03 bits per heavy atom. The molecule has 2 aliphatic heterocycles. The van der Waals surface area contributed by atoms with Crippen molar-refractivity contribution in [3.8, 4) is 22.5 Å². The zero-order valence-corrected chi connectivity index (χ0v) is 19.7. The van der Waals surface area contributed by atoms with E-state index in [9.17, 15) is 14.4 Å². The average molecular weight is 473 g/mol. The quantitative estimate of drug-likeness (QED) is 0.588. The number of nitrogens with one attached hydrogen (secondary N) is 1. The summed E-state index contributed by atoms with van der Waals surface area (Å²) in [5.41, 5.74) is 5.23. The predicted octanol–water partition coefficient (Wildman–Crippen LogP) is 3.22. The van der Waals surface area contributed by atoms with Crippen LogP contribution in [-0.4, -0.2) is 48.0 Å². The third kappa shape index (κ3) is 3.75. The van der Waals surface area contributed by atoms with E-state index in [1.807, 2.05) is 36.0 Å². The third-order valence-corrected chi connectivity index (χ3v) is 7.56. The van der Waals surface area contributed by atoms with Crippen molar-refractivity contribution >= 4 is 17.7 Å². The molecule has 3 aliphatic rings. The summed E-state index contributed by atoms with van der Waals surface area (Å²) in [4.78, 5) is 43.2. The summed E-state index contributed by atoms with van der Waals surface area (Å²) >= 11 is 0. The fourth-order valence-corrected chi connectivity index (χ4v) is 5.71. The van der Waals surface area contributed by atoms with Crippen LogP contribution in [0.25, 0.3) is 22.5 Å². The van der Waals surface area contributed by atoms with Crippen LogP contribution in [0.5, 0.6) is 0 Å². The molecule has 35 heavy (non-hydrogen) atoms. The molecule has 1 atom stereocenters. The lowest BCUT2D eigenvalue weighted by atomic mass is 9.96. The number of hydrogen-bond donors (Lipinski definition) is 1. The number of aromatic nitrogens is 4. The van der Waals surface area contributed by atoms with Crippen molar-refractivity contribution < 1.29 is 14.4 Å². The SMILES string of the molecule is Cn1cnc(-c2ccc3c(c2)CN([C@H]2CCC(=O)NC2=O)C3=O)c1-c1cnn(C2CCCCC2)c1. The van der Waals surface area contributed by atoms with Gasteiger partial charge in [-0.05, 0) is 37.0 Å². The number of carbonyl (C=O) groups excluding carboxylic acids is 3. The van der Waals surface area contributed by atoms with Gasteiger partial charge in [0.1, 0.15) is 6.04 Å². The summed E-state index contributed by atoms with van der Waals surface area (Å²) in [7, 11) is 1.98. The summed E-state index contributed by atoms with van der Waals surface area (Å²) < 4.78 is 4.11. The molecule has 9 heteroatoms. The van der Waals surface area contributed by atoms with E-state index < -0.39 is 11.9 Å². The highest BCUT2D eigenvalue weighted by molar-refractivity contribution is 6.05. The second kappa shape index (κ2) is 8.48. The van der Waals surface area contributed by atoms with Crippen LogP contribution >= 0.6 is 0 Å². The highest BCUT2D eigenvalue weighted by Crippen LogP contribution is 2.36. The van der Waals surface area contributed by atoms with E-state index in [-0.39, 0.29) is 18.2 Å². The Bertz CT molecular complexity index is 1330. The topological polar surface area (TPSA) is 102 Å². The smallest absolute Gasteiger partial charge is 0.255 e. The van der Waals surface area contributed by atoms with Gasteiger partial charge in [0, 0.05) is 42.9 Å². The van der Waals surface area contributed by atoms with Crippen LogP contribution < -0.4 is 5.32 Å². The van der Waals surface area contributed by atoms with Gasteiger partial charge in [0.25, 0.3) is 5.91 Å². The minimum absolute atomic E-state index is 0.170. The van der Waals surface area contributed by atoms with Crippen LogP contribution in [0.15, 0.2) is 36.9 Å². The number of hydrogen-bond acceptors (Lipinski definition) is 5. The average Bonchev–Trinajstić information content (AvgIpc) is 3.57. The Labute approximate surface area is 203 Å². The summed E-state index contributed by atoms with van der Waals surface area (Å²) in [5.74, 6) is -0.854. The molecule has 4 heterocycles. The van der Waals surface area contributed by atoms with Gasteiger partial charge in [-0.1, -0.05) is 25.3 Å². The molecule has 180 valence electrons. The Hall–Kier alpha value is -3.75. The first-order valence-electron chi connectivity index (χ1n) is 12.3. The fraction of sp³-hybridized carbons (Fsp3) is 0.423. The standard InChI is InChI=1S/C26H28N6O3/c1-30-15-27-23(24(30)18-12-28-32(14-18)19-5-3-2-4-6-19)16-7-8-20-17(11-16)13-31(26(20)35)21-9-10-22(33)29-25(21)34/h7-8,11-12,14-15,19,21H,2-6,9-10,13H2,1H3,(H,29,33,34)/t21-/m0/s1. The van der Waals surface area contributed by atoms with Gasteiger partial charge in [0.05, 0.1) is 30.0 Å². The molecule has 0 unspecified atom stereocenters. The van der Waals surface area contributed by atoms with Crippen LogP contribution in [0.1, 0.15) is 66.9 Å². The second-order valence-electron chi connectivity index (χ2n) is 9.83. The normalized spacial score (nSPS) is 20.9. The van der Waals surface area contributed by atoms with Crippen molar-refractivity contribution in [1.82, 2.24) is 29.5 Å². The summed E-state index contributed by atoms with van der Waals surface area (Å²) in [6, 6.07) is 5.58. The summed E-state index contributed by atoms with van der Waals surface area (Å²) in [6.45, 7) is 0.343. The molecule has 1 aromatic carbocycles. The molecular weight excluding hydrogens is 444 g/mol. The summed E-state index contributed by atoms with van der Waals surface area (Å²) in [6.07, 6.45) is 12.6. The number of carbonyl (C=O) groups is 3. The molecule has 1 saturated heterocycles. The van der Waals surface area contributed by atoms with Crippen molar-refractivity contribution in [2.75, 3.05) is 0 Å². The molecule has 0 radical (unpaired) electrons. The molecule has 3 aromatic rings. The lowest BCUT2D eigenvalue weighted by Crippen LogP contribution is -2.52. The Morgan fingerprint density at radius 3 is 2.66 bits per heavy atom. The number of amides is 3. The van der Waals surface area contributed by atoms with E-state index in [4.69, 9.17) is 0 Å². The van der Waals surface area contributed by atoms with E-state index in [0.29, 0.717) is 24.6 Å². The van der Waals surface area contributed by atoms with Crippen LogP contribution in [0, 0.1) is 0 Å². The van der Waals surface area contributed by atoms with Crippen molar-refractivity contribution in [3.63, 3.8) is 0 Å². The first-order valence-corrected chi connectivity index (χ1v) is 12.3. The molecule has 1 aliphatic carbocycles. The number of aryl methyl sites for hydroxylation is 1. The lowest BCUT2D eigenvalue weighted by Gasteiger charge is -2.29. The van der Waals surface area contributed by atoms with Crippen molar-refractivity contribution in [1.29, 1.82) is 0 Å². The Balaban J connectivity index is 1.29. The first kappa shape index (κ1) is 21.8. The maximum Gasteiger partial charge on any atom is 0.255 e. The molecule has 3 amide bonds. The number of benzene rings is 1. The van der Waals surface area contributed by atoms with Crippen LogP contribution in [-0.2, 0) is 23.2 Å². The predicted molar refractivity (Wildman–Crippen MR) is 128 cm³/mol. The highest BCUT2D eigenvalue weighted by atomic mass is 16.2. The molecule has 0 spiro atoms. The van der Waals surface area contributed by atoms with Gasteiger partial charge in [0.2, 0.25) is 11.8 Å². The van der Waals surface area contributed by atoms with Gasteiger partial charge in [-0.15, -0.1) is 0 Å². The number of fused-ring (bicyclic) bond motifs is 1. The van der Waals surface area contributed by atoms with Gasteiger partial charge in [0.15, 0.2) is 0 Å². The minimum Gasteiger partial charge on any atom is -0.333 e. The van der Waals surface area contributed by atoms with Gasteiger partial charge < -0.3 is 9.47 Å². The second-order valence-corrected chi connectivity index (χ2v) is 9.83. The number of rotatable bonds is 4. The van der Waals surface area contributed by atoms with E-state index in [0.717, 1.165) is 28.1 Å². The molecule has 1 N–H and O–H groups in total. The van der Waals surface area contributed by atoms with E-state index in [2.05, 4.69) is 26.3 Å².